The molecular formula is C30H50N4O6. The van der Waals surface area contributed by atoms with Crippen molar-refractivity contribution in [2.75, 3.05) is 13.1 Å². The molecule has 2 N–H and O–H groups in total. The number of amides is 4. The van der Waals surface area contributed by atoms with Gasteiger partial charge in [-0.25, -0.2) is 9.59 Å². The maximum atomic E-state index is 13.3. The van der Waals surface area contributed by atoms with Gasteiger partial charge < -0.3 is 20.1 Å². The second-order valence-electron chi connectivity index (χ2n) is 14.1. The molecule has 2 aliphatic heterocycles. The summed E-state index contributed by atoms with van der Waals surface area (Å²) >= 11 is 0. The molecule has 0 bridgehead atoms. The van der Waals surface area contributed by atoms with Crippen LogP contribution in [0.1, 0.15) is 106 Å². The van der Waals surface area contributed by atoms with Crippen LogP contribution >= 0.6 is 0 Å². The molecular weight excluding hydrogens is 512 g/mol. The third-order valence-corrected chi connectivity index (χ3v) is 8.71. The minimum atomic E-state index is -0.639. The van der Waals surface area contributed by atoms with Gasteiger partial charge in [-0.3, -0.25) is 19.4 Å². The average molecular weight is 563 g/mol. The lowest BCUT2D eigenvalue weighted by atomic mass is 9.85. The summed E-state index contributed by atoms with van der Waals surface area (Å²) in [5.41, 5.74) is -1.28. The molecule has 2 saturated heterocycles. The highest BCUT2D eigenvalue weighted by Crippen LogP contribution is 2.41. The van der Waals surface area contributed by atoms with Crippen LogP contribution < -0.4 is 10.6 Å². The molecule has 6 atom stereocenters. The van der Waals surface area contributed by atoms with Crippen molar-refractivity contribution >= 4 is 24.0 Å². The normalized spacial score (nSPS) is 30.2. The van der Waals surface area contributed by atoms with Crippen molar-refractivity contribution in [3.8, 4) is 0 Å². The topological polar surface area (TPSA) is 117 Å². The molecule has 2 saturated carbocycles. The van der Waals surface area contributed by atoms with Crippen molar-refractivity contribution in [2.24, 2.45) is 11.8 Å². The summed E-state index contributed by atoms with van der Waals surface area (Å²) in [5.74, 6) is 0.191. The van der Waals surface area contributed by atoms with Crippen LogP contribution in [0.3, 0.4) is 0 Å². The quantitative estimate of drug-likeness (QED) is 0.481. The second kappa shape index (κ2) is 12.1. The average Bonchev–Trinajstić information content (AvgIpc) is 3.43. The first-order chi connectivity index (χ1) is 18.7. The first-order valence-electron chi connectivity index (χ1n) is 15.3. The van der Waals surface area contributed by atoms with E-state index in [0.29, 0.717) is 24.7 Å². The van der Waals surface area contributed by atoms with E-state index >= 15 is 0 Å². The molecule has 10 nitrogen and oxygen atoms in total. The molecule has 10 heteroatoms. The van der Waals surface area contributed by atoms with Gasteiger partial charge >= 0.3 is 12.2 Å². The van der Waals surface area contributed by atoms with E-state index in [1.807, 2.05) is 41.5 Å². The van der Waals surface area contributed by atoms with E-state index < -0.39 is 35.5 Å². The monoisotopic (exact) mass is 562 g/mol. The molecule has 2 heterocycles. The van der Waals surface area contributed by atoms with Crippen LogP contribution in [0.25, 0.3) is 0 Å². The molecule has 0 unspecified atom stereocenters. The van der Waals surface area contributed by atoms with E-state index in [2.05, 4.69) is 10.6 Å². The molecule has 0 radical (unpaired) electrons. The first kappa shape index (κ1) is 30.4. The third-order valence-electron chi connectivity index (χ3n) is 8.71. The van der Waals surface area contributed by atoms with Gasteiger partial charge in [-0.05, 0) is 91.9 Å². The number of ether oxygens (including phenoxy) is 2. The van der Waals surface area contributed by atoms with E-state index in [4.69, 9.17) is 9.47 Å². The summed E-state index contributed by atoms with van der Waals surface area (Å²) in [6.07, 6.45) is 8.55. The number of carbonyl (C=O) groups is 4. The highest BCUT2D eigenvalue weighted by molar-refractivity contribution is 5.88. The maximum absolute atomic E-state index is 13.3. The van der Waals surface area contributed by atoms with Crippen molar-refractivity contribution in [3.05, 3.63) is 0 Å². The number of nitrogens with zero attached hydrogens (tertiary/aromatic N) is 2. The van der Waals surface area contributed by atoms with Crippen molar-refractivity contribution < 1.29 is 28.7 Å². The Morgan fingerprint density at radius 1 is 0.625 bits per heavy atom. The van der Waals surface area contributed by atoms with Gasteiger partial charge in [0.25, 0.3) is 0 Å². The molecule has 4 fully saturated rings. The lowest BCUT2D eigenvalue weighted by Crippen LogP contribution is -2.53. The Hall–Kier alpha value is -2.52. The van der Waals surface area contributed by atoms with Crippen LogP contribution in [-0.4, -0.2) is 82.3 Å². The van der Waals surface area contributed by atoms with Gasteiger partial charge in [-0.2, -0.15) is 0 Å². The maximum Gasteiger partial charge on any atom is 0.411 e. The molecule has 40 heavy (non-hydrogen) atoms. The summed E-state index contributed by atoms with van der Waals surface area (Å²) in [4.78, 5) is 56.1. The molecule has 0 spiro atoms. The second-order valence-corrected chi connectivity index (χ2v) is 14.1. The number of rotatable bonds is 5. The number of carbonyl (C=O) groups excluding carboxylic acids is 4. The standard InChI is InChI=1S/C30H50N4O6/c1-29(2,3)39-27(37)33-21-13-9-7-11-19(21)17-23(33)25(35)31-15-16-32-26(36)24-18-20-12-8-10-14-22(20)34(24)28(38)40-30(4,5)6/h19-24H,7-18H2,1-6H3,(H,31,35)(H,32,36)/t19-,20-,21-,22-,23-,24-/m0/s1. The zero-order valence-corrected chi connectivity index (χ0v) is 25.3. The predicted octanol–water partition coefficient (Wildman–Crippen LogP) is 4.36. The fourth-order valence-corrected chi connectivity index (χ4v) is 7.15. The highest BCUT2D eigenvalue weighted by Gasteiger charge is 2.50. The fraction of sp³-hybridized carbons (Fsp3) is 0.867. The summed E-state index contributed by atoms with van der Waals surface area (Å²) in [5, 5.41) is 5.87. The highest BCUT2D eigenvalue weighted by atomic mass is 16.6. The Bertz CT molecular complexity index is 881. The molecule has 0 aromatic carbocycles. The number of likely N-dealkylation sites (tertiary alicyclic amines) is 2. The Balaban J connectivity index is 1.33. The van der Waals surface area contributed by atoms with Gasteiger partial charge in [0.15, 0.2) is 0 Å². The van der Waals surface area contributed by atoms with E-state index in [-0.39, 0.29) is 37.0 Å². The van der Waals surface area contributed by atoms with E-state index in [1.54, 1.807) is 9.80 Å². The molecule has 4 aliphatic rings. The van der Waals surface area contributed by atoms with Crippen molar-refractivity contribution in [2.45, 2.75) is 141 Å². The van der Waals surface area contributed by atoms with E-state index in [0.717, 1.165) is 51.4 Å². The van der Waals surface area contributed by atoms with Crippen LogP contribution in [0.4, 0.5) is 9.59 Å². The number of fused-ring (bicyclic) bond motifs is 2. The molecule has 4 rings (SSSR count). The summed E-state index contributed by atoms with van der Waals surface area (Å²) in [7, 11) is 0. The lowest BCUT2D eigenvalue weighted by molar-refractivity contribution is -0.127. The van der Waals surface area contributed by atoms with E-state index in [1.165, 1.54) is 0 Å². The van der Waals surface area contributed by atoms with Gasteiger partial charge in [0.05, 0.1) is 0 Å². The van der Waals surface area contributed by atoms with Gasteiger partial charge in [0.1, 0.15) is 23.3 Å². The zero-order chi connectivity index (χ0) is 29.2. The number of nitrogens with one attached hydrogen (secondary N) is 2. The Kier molecular flexibility index (Phi) is 9.25. The largest absolute Gasteiger partial charge is 0.444 e. The molecule has 2 aliphatic carbocycles. The van der Waals surface area contributed by atoms with E-state index in [9.17, 15) is 19.2 Å². The van der Waals surface area contributed by atoms with Crippen LogP contribution in [-0.2, 0) is 19.1 Å². The minimum absolute atomic E-state index is 0.0313. The van der Waals surface area contributed by atoms with Gasteiger partial charge in [0.2, 0.25) is 11.8 Å². The lowest BCUT2D eigenvalue weighted by Gasteiger charge is -2.35. The van der Waals surface area contributed by atoms with Crippen LogP contribution in [0, 0.1) is 11.8 Å². The van der Waals surface area contributed by atoms with Crippen molar-refractivity contribution in [1.29, 1.82) is 0 Å². The molecule has 0 aromatic heterocycles. The molecule has 4 amide bonds. The SMILES string of the molecule is CC(C)(C)OC(=O)N1[C@H](C(=O)NCCNC(=O)[C@@H]2C[C@@H]3CCCC[C@@H]3N2C(=O)OC(C)(C)C)C[C@@H]2CCCC[C@@H]21. The van der Waals surface area contributed by atoms with Gasteiger partial charge in [-0.1, -0.05) is 25.7 Å². The Morgan fingerprint density at radius 2 is 0.975 bits per heavy atom. The predicted molar refractivity (Wildman–Crippen MR) is 150 cm³/mol. The Labute approximate surface area is 239 Å². The van der Waals surface area contributed by atoms with Crippen LogP contribution in [0.15, 0.2) is 0 Å². The minimum Gasteiger partial charge on any atom is -0.444 e. The van der Waals surface area contributed by atoms with Crippen molar-refractivity contribution in [3.63, 3.8) is 0 Å². The summed E-state index contributed by atoms with van der Waals surface area (Å²) in [6.45, 7) is 11.5. The summed E-state index contributed by atoms with van der Waals surface area (Å²) in [6, 6.07) is -1.08. The number of hydrogen-bond donors (Lipinski definition) is 2. The molecule has 226 valence electrons. The van der Waals surface area contributed by atoms with Crippen LogP contribution in [0.2, 0.25) is 0 Å². The fourth-order valence-electron chi connectivity index (χ4n) is 7.15. The van der Waals surface area contributed by atoms with Gasteiger partial charge in [0, 0.05) is 25.2 Å². The summed E-state index contributed by atoms with van der Waals surface area (Å²) < 4.78 is 11.3. The molecule has 0 aromatic rings. The zero-order valence-electron chi connectivity index (χ0n) is 25.3. The smallest absolute Gasteiger partial charge is 0.411 e. The van der Waals surface area contributed by atoms with Gasteiger partial charge in [-0.15, -0.1) is 0 Å². The first-order valence-corrected chi connectivity index (χ1v) is 15.3. The number of hydrogen-bond acceptors (Lipinski definition) is 6. The van der Waals surface area contributed by atoms with Crippen LogP contribution in [0.5, 0.6) is 0 Å². The Morgan fingerprint density at radius 3 is 1.32 bits per heavy atom. The third kappa shape index (κ3) is 7.21. The van der Waals surface area contributed by atoms with Crippen molar-refractivity contribution in [1.82, 2.24) is 20.4 Å².